The average Bonchev–Trinajstić information content (AvgIpc) is 2.75. The standard InChI is InChI=1S/C16H10Cl2O2/c1-9-13-8-12(18)5-6-14(13)20-16(9)15(19)10-3-2-4-11(17)7-10/h2-8H,1H3. The van der Waals surface area contributed by atoms with Crippen molar-refractivity contribution in [3.05, 3.63) is 69.4 Å². The fourth-order valence-corrected chi connectivity index (χ4v) is 2.53. The molecule has 0 radical (unpaired) electrons. The van der Waals surface area contributed by atoms with Crippen LogP contribution in [0.2, 0.25) is 10.0 Å². The minimum atomic E-state index is -0.183. The lowest BCUT2D eigenvalue weighted by atomic mass is 10.0. The first-order valence-corrected chi connectivity index (χ1v) is 6.81. The van der Waals surface area contributed by atoms with Gasteiger partial charge in [0, 0.05) is 26.6 Å². The minimum Gasteiger partial charge on any atom is -0.452 e. The fourth-order valence-electron chi connectivity index (χ4n) is 2.17. The van der Waals surface area contributed by atoms with E-state index in [9.17, 15) is 4.79 Å². The lowest BCUT2D eigenvalue weighted by molar-refractivity contribution is 0.101. The van der Waals surface area contributed by atoms with E-state index in [1.54, 1.807) is 42.5 Å². The Balaban J connectivity index is 2.15. The van der Waals surface area contributed by atoms with Crippen molar-refractivity contribution >= 4 is 40.0 Å². The molecule has 0 saturated heterocycles. The number of fused-ring (bicyclic) bond motifs is 1. The Morgan fingerprint density at radius 1 is 1.05 bits per heavy atom. The number of rotatable bonds is 2. The molecule has 1 heterocycles. The zero-order valence-electron chi connectivity index (χ0n) is 10.6. The van der Waals surface area contributed by atoms with Gasteiger partial charge in [0.2, 0.25) is 5.78 Å². The summed E-state index contributed by atoms with van der Waals surface area (Å²) in [5, 5.41) is 1.98. The van der Waals surface area contributed by atoms with Crippen LogP contribution < -0.4 is 0 Å². The second-order valence-corrected chi connectivity index (χ2v) is 5.41. The van der Waals surface area contributed by atoms with Gasteiger partial charge in [-0.25, -0.2) is 0 Å². The van der Waals surface area contributed by atoms with Gasteiger partial charge in [-0.1, -0.05) is 35.3 Å². The number of aryl methyl sites for hydroxylation is 1. The quantitative estimate of drug-likeness (QED) is 0.603. The van der Waals surface area contributed by atoms with Crippen LogP contribution in [0, 0.1) is 6.92 Å². The summed E-state index contributed by atoms with van der Waals surface area (Å²) >= 11 is 11.9. The molecule has 0 fully saturated rings. The first-order valence-electron chi connectivity index (χ1n) is 6.05. The van der Waals surface area contributed by atoms with Crippen LogP contribution in [-0.4, -0.2) is 5.78 Å². The van der Waals surface area contributed by atoms with Crippen LogP contribution in [0.25, 0.3) is 11.0 Å². The summed E-state index contributed by atoms with van der Waals surface area (Å²) in [5.74, 6) is 0.141. The van der Waals surface area contributed by atoms with Crippen molar-refractivity contribution in [2.75, 3.05) is 0 Å². The van der Waals surface area contributed by atoms with E-state index in [-0.39, 0.29) is 5.78 Å². The molecule has 1 aromatic heterocycles. The topological polar surface area (TPSA) is 30.2 Å². The fraction of sp³-hybridized carbons (Fsp3) is 0.0625. The highest BCUT2D eigenvalue weighted by molar-refractivity contribution is 6.31. The molecule has 0 saturated carbocycles. The monoisotopic (exact) mass is 304 g/mol. The highest BCUT2D eigenvalue weighted by Crippen LogP contribution is 2.29. The zero-order chi connectivity index (χ0) is 14.3. The normalized spacial score (nSPS) is 10.9. The third-order valence-corrected chi connectivity index (χ3v) is 3.66. The molecule has 0 atom stereocenters. The number of carbonyl (C=O) groups excluding carboxylic acids is 1. The zero-order valence-corrected chi connectivity index (χ0v) is 12.1. The molecule has 0 amide bonds. The molecule has 20 heavy (non-hydrogen) atoms. The molecule has 0 spiro atoms. The second-order valence-electron chi connectivity index (χ2n) is 4.54. The number of halogens is 2. The number of hydrogen-bond donors (Lipinski definition) is 0. The van der Waals surface area contributed by atoms with Gasteiger partial charge in [0.15, 0.2) is 5.76 Å². The van der Waals surface area contributed by atoms with E-state index in [4.69, 9.17) is 27.6 Å². The Bertz CT molecular complexity index is 818. The van der Waals surface area contributed by atoms with E-state index in [0.717, 1.165) is 10.9 Å². The van der Waals surface area contributed by atoms with E-state index in [1.165, 1.54) is 0 Å². The third kappa shape index (κ3) is 2.21. The average molecular weight is 305 g/mol. The molecule has 3 aromatic rings. The van der Waals surface area contributed by atoms with Gasteiger partial charge in [-0.3, -0.25) is 4.79 Å². The van der Waals surface area contributed by atoms with Crippen LogP contribution in [0.3, 0.4) is 0 Å². The molecule has 0 unspecified atom stereocenters. The molecular weight excluding hydrogens is 295 g/mol. The molecule has 2 nitrogen and oxygen atoms in total. The van der Waals surface area contributed by atoms with Gasteiger partial charge in [0.1, 0.15) is 5.58 Å². The number of furan rings is 1. The highest BCUT2D eigenvalue weighted by Gasteiger charge is 2.19. The van der Waals surface area contributed by atoms with Crippen LogP contribution in [0.5, 0.6) is 0 Å². The Labute approximate surface area is 125 Å². The first kappa shape index (κ1) is 13.2. The van der Waals surface area contributed by atoms with Crippen LogP contribution in [0.1, 0.15) is 21.7 Å². The molecule has 0 bridgehead atoms. The van der Waals surface area contributed by atoms with Crippen LogP contribution in [0.4, 0.5) is 0 Å². The second kappa shape index (κ2) is 4.97. The maximum absolute atomic E-state index is 12.5. The van der Waals surface area contributed by atoms with Gasteiger partial charge < -0.3 is 4.42 Å². The Morgan fingerprint density at radius 3 is 2.55 bits per heavy atom. The first-order chi connectivity index (χ1) is 9.56. The van der Waals surface area contributed by atoms with Crippen LogP contribution in [0.15, 0.2) is 46.9 Å². The van der Waals surface area contributed by atoms with E-state index in [2.05, 4.69) is 0 Å². The summed E-state index contributed by atoms with van der Waals surface area (Å²) in [6.07, 6.45) is 0. The van der Waals surface area contributed by atoms with Crippen molar-refractivity contribution in [2.45, 2.75) is 6.92 Å². The molecule has 0 aliphatic carbocycles. The van der Waals surface area contributed by atoms with Crippen molar-refractivity contribution < 1.29 is 9.21 Å². The summed E-state index contributed by atoms with van der Waals surface area (Å²) in [4.78, 5) is 12.5. The molecule has 100 valence electrons. The van der Waals surface area contributed by atoms with E-state index in [1.807, 2.05) is 6.92 Å². The van der Waals surface area contributed by atoms with Crippen LogP contribution >= 0.6 is 23.2 Å². The summed E-state index contributed by atoms with van der Waals surface area (Å²) in [7, 11) is 0. The Morgan fingerprint density at radius 2 is 1.80 bits per heavy atom. The van der Waals surface area contributed by atoms with Crippen molar-refractivity contribution in [1.82, 2.24) is 0 Å². The summed E-state index contributed by atoms with van der Waals surface area (Å²) in [6.45, 7) is 1.85. The maximum Gasteiger partial charge on any atom is 0.228 e. The lowest BCUT2D eigenvalue weighted by Crippen LogP contribution is -2.01. The SMILES string of the molecule is Cc1c(C(=O)c2cccc(Cl)c2)oc2ccc(Cl)cc12. The summed E-state index contributed by atoms with van der Waals surface area (Å²) < 4.78 is 5.66. The predicted molar refractivity (Wildman–Crippen MR) is 80.8 cm³/mol. The Kier molecular flexibility index (Phi) is 3.28. The van der Waals surface area contributed by atoms with Gasteiger partial charge in [-0.15, -0.1) is 0 Å². The van der Waals surface area contributed by atoms with Gasteiger partial charge in [-0.05, 0) is 37.3 Å². The minimum absolute atomic E-state index is 0.183. The maximum atomic E-state index is 12.5. The largest absolute Gasteiger partial charge is 0.452 e. The summed E-state index contributed by atoms with van der Waals surface area (Å²) in [6, 6.07) is 12.1. The van der Waals surface area contributed by atoms with Crippen LogP contribution in [-0.2, 0) is 0 Å². The molecular formula is C16H10Cl2O2. The van der Waals surface area contributed by atoms with Crippen molar-refractivity contribution in [3.8, 4) is 0 Å². The number of ketones is 1. The van der Waals surface area contributed by atoms with Gasteiger partial charge >= 0.3 is 0 Å². The van der Waals surface area contributed by atoms with Crippen molar-refractivity contribution in [3.63, 3.8) is 0 Å². The molecule has 0 aliphatic heterocycles. The molecule has 3 rings (SSSR count). The number of hydrogen-bond acceptors (Lipinski definition) is 2. The molecule has 0 aliphatic rings. The van der Waals surface area contributed by atoms with E-state index >= 15 is 0 Å². The predicted octanol–water partition coefficient (Wildman–Crippen LogP) is 5.28. The van der Waals surface area contributed by atoms with E-state index in [0.29, 0.717) is 27.0 Å². The van der Waals surface area contributed by atoms with Gasteiger partial charge in [0.25, 0.3) is 0 Å². The van der Waals surface area contributed by atoms with Crippen molar-refractivity contribution in [2.24, 2.45) is 0 Å². The lowest BCUT2D eigenvalue weighted by Gasteiger charge is -1.99. The van der Waals surface area contributed by atoms with Gasteiger partial charge in [0.05, 0.1) is 0 Å². The smallest absolute Gasteiger partial charge is 0.228 e. The number of carbonyl (C=O) groups is 1. The number of benzene rings is 2. The van der Waals surface area contributed by atoms with E-state index < -0.39 is 0 Å². The highest BCUT2D eigenvalue weighted by atomic mass is 35.5. The Hall–Kier alpha value is -1.77. The molecule has 2 aromatic carbocycles. The molecule has 0 N–H and O–H groups in total. The van der Waals surface area contributed by atoms with Crippen molar-refractivity contribution in [1.29, 1.82) is 0 Å². The van der Waals surface area contributed by atoms with Gasteiger partial charge in [-0.2, -0.15) is 0 Å². The summed E-state index contributed by atoms with van der Waals surface area (Å²) in [5.41, 5.74) is 1.94. The molecule has 4 heteroatoms. The third-order valence-electron chi connectivity index (χ3n) is 3.19.